The van der Waals surface area contributed by atoms with Crippen molar-refractivity contribution in [3.8, 4) is 0 Å². The van der Waals surface area contributed by atoms with Crippen LogP contribution in [-0.4, -0.2) is 38.4 Å². The minimum atomic E-state index is -0.384. The molecule has 3 rings (SSSR count). The fourth-order valence-corrected chi connectivity index (χ4v) is 2.97. The number of carbonyl (C=O) groups is 1. The molecule has 2 N–H and O–H groups in total. The highest BCUT2D eigenvalue weighted by Crippen LogP contribution is 2.40. The second kappa shape index (κ2) is 4.40. The van der Waals surface area contributed by atoms with E-state index in [4.69, 9.17) is 15.2 Å². The number of amides is 1. The predicted octanol–water partition coefficient (Wildman–Crippen LogP) is 1.07. The summed E-state index contributed by atoms with van der Waals surface area (Å²) < 4.78 is 10.1. The maximum Gasteiger partial charge on any atom is 0.413 e. The van der Waals surface area contributed by atoms with Gasteiger partial charge in [0.2, 0.25) is 0 Å². The Bertz CT molecular complexity index is 599. The number of nitrogens with two attached hydrogens (primary N) is 1. The van der Waals surface area contributed by atoms with Gasteiger partial charge in [0.25, 0.3) is 6.02 Å². The molecule has 0 saturated heterocycles. The van der Waals surface area contributed by atoms with Gasteiger partial charge in [0.15, 0.2) is 0 Å². The van der Waals surface area contributed by atoms with Gasteiger partial charge in [-0.3, -0.25) is 4.90 Å². The zero-order chi connectivity index (χ0) is 14.3. The summed E-state index contributed by atoms with van der Waals surface area (Å²) in [5.74, 6) is 0. The van der Waals surface area contributed by atoms with Gasteiger partial charge in [0, 0.05) is 19.9 Å². The molecular weight excluding hydrogens is 258 g/mol. The van der Waals surface area contributed by atoms with Gasteiger partial charge in [0.05, 0.1) is 12.8 Å². The monoisotopic (exact) mass is 275 g/mol. The Balaban J connectivity index is 1.96. The molecule has 1 atom stereocenters. The number of rotatable bonds is 1. The molecule has 0 aromatic heterocycles. The maximum atomic E-state index is 11.7. The third-order valence-electron chi connectivity index (χ3n) is 3.92. The van der Waals surface area contributed by atoms with E-state index in [1.165, 1.54) is 17.6 Å². The van der Waals surface area contributed by atoms with Crippen molar-refractivity contribution in [2.75, 3.05) is 25.7 Å². The lowest BCUT2D eigenvalue weighted by molar-refractivity contribution is 0.180. The van der Waals surface area contributed by atoms with Crippen LogP contribution in [0.5, 0.6) is 0 Å². The molecule has 1 aliphatic heterocycles. The highest BCUT2D eigenvalue weighted by atomic mass is 16.5. The first-order chi connectivity index (χ1) is 9.54. The van der Waals surface area contributed by atoms with Crippen LogP contribution in [0, 0.1) is 0 Å². The van der Waals surface area contributed by atoms with Gasteiger partial charge in [-0.05, 0) is 17.2 Å². The van der Waals surface area contributed by atoms with Gasteiger partial charge in [-0.15, -0.1) is 0 Å². The predicted molar refractivity (Wildman–Crippen MR) is 75.0 cm³/mol. The topological polar surface area (TPSA) is 77.1 Å². The molecule has 2 aliphatic rings. The van der Waals surface area contributed by atoms with E-state index in [1.807, 2.05) is 12.1 Å². The average Bonchev–Trinajstić information content (AvgIpc) is 2.98. The average molecular weight is 275 g/mol. The molecule has 6 heteroatoms. The van der Waals surface area contributed by atoms with E-state index in [2.05, 4.69) is 11.1 Å². The van der Waals surface area contributed by atoms with Crippen molar-refractivity contribution in [2.24, 2.45) is 10.7 Å². The maximum absolute atomic E-state index is 11.7. The van der Waals surface area contributed by atoms with Crippen LogP contribution in [0.4, 0.5) is 10.5 Å². The molecule has 1 spiro atoms. The van der Waals surface area contributed by atoms with E-state index in [1.54, 1.807) is 7.05 Å². The van der Waals surface area contributed by atoms with Gasteiger partial charge in [-0.25, -0.2) is 9.79 Å². The first kappa shape index (κ1) is 12.8. The highest BCUT2D eigenvalue weighted by molar-refractivity contribution is 5.88. The Morgan fingerprint density at radius 2 is 2.30 bits per heavy atom. The fourth-order valence-electron chi connectivity index (χ4n) is 2.97. The zero-order valence-corrected chi connectivity index (χ0v) is 11.5. The normalized spacial score (nSPS) is 23.2. The molecule has 6 nitrogen and oxygen atoms in total. The molecule has 0 bridgehead atoms. The first-order valence-corrected chi connectivity index (χ1v) is 6.45. The highest BCUT2D eigenvalue weighted by Gasteiger charge is 2.43. The smallest absolute Gasteiger partial charge is 0.413 e. The van der Waals surface area contributed by atoms with Crippen molar-refractivity contribution < 1.29 is 14.3 Å². The molecule has 1 unspecified atom stereocenters. The number of carbonyl (C=O) groups excluding carboxylic acids is 1. The van der Waals surface area contributed by atoms with Crippen LogP contribution in [0.1, 0.15) is 11.1 Å². The van der Waals surface area contributed by atoms with Crippen molar-refractivity contribution in [3.05, 3.63) is 29.3 Å². The quantitative estimate of drug-likeness (QED) is 0.831. The standard InChI is InChI=1S/C14H17N3O3/c1-17(13(18)19-2)11-5-3-4-9-6-14(7-10(9)11)8-20-12(15)16-14/h3-5H,6-8H2,1-2H3,(H2,15,16). The third kappa shape index (κ3) is 1.88. The van der Waals surface area contributed by atoms with E-state index < -0.39 is 0 Å². The summed E-state index contributed by atoms with van der Waals surface area (Å²) in [7, 11) is 3.08. The summed E-state index contributed by atoms with van der Waals surface area (Å²) in [5.41, 5.74) is 8.48. The van der Waals surface area contributed by atoms with Crippen LogP contribution in [0.3, 0.4) is 0 Å². The number of amidine groups is 1. The summed E-state index contributed by atoms with van der Waals surface area (Å²) >= 11 is 0. The Kier molecular flexibility index (Phi) is 2.81. The van der Waals surface area contributed by atoms with Crippen molar-refractivity contribution in [2.45, 2.75) is 18.4 Å². The van der Waals surface area contributed by atoms with Gasteiger partial charge in [-0.2, -0.15) is 0 Å². The SMILES string of the molecule is COC(=O)N(C)c1cccc2c1CC1(COC(N)=N1)C2. The van der Waals surface area contributed by atoms with Crippen LogP contribution in [0.15, 0.2) is 23.2 Å². The van der Waals surface area contributed by atoms with Gasteiger partial charge in [0.1, 0.15) is 12.1 Å². The second-order valence-electron chi connectivity index (χ2n) is 5.26. The molecule has 1 heterocycles. The summed E-state index contributed by atoms with van der Waals surface area (Å²) in [4.78, 5) is 17.7. The van der Waals surface area contributed by atoms with Crippen molar-refractivity contribution in [3.63, 3.8) is 0 Å². The molecule has 1 amide bonds. The Morgan fingerprint density at radius 1 is 1.50 bits per heavy atom. The van der Waals surface area contributed by atoms with Crippen molar-refractivity contribution >= 4 is 17.8 Å². The van der Waals surface area contributed by atoms with Gasteiger partial charge < -0.3 is 15.2 Å². The lowest BCUT2D eigenvalue weighted by atomic mass is 9.98. The Morgan fingerprint density at radius 3 is 2.95 bits per heavy atom. The summed E-state index contributed by atoms with van der Waals surface area (Å²) in [6.07, 6.45) is 1.12. The molecule has 1 aromatic carbocycles. The number of ether oxygens (including phenoxy) is 2. The molecule has 1 aromatic rings. The molecule has 106 valence electrons. The fraction of sp³-hybridized carbons (Fsp3) is 0.429. The van der Waals surface area contributed by atoms with Gasteiger partial charge in [-0.1, -0.05) is 12.1 Å². The second-order valence-corrected chi connectivity index (χ2v) is 5.26. The molecule has 0 saturated carbocycles. The van der Waals surface area contributed by atoms with E-state index in [0.29, 0.717) is 6.61 Å². The van der Waals surface area contributed by atoms with Crippen LogP contribution < -0.4 is 10.6 Å². The molecular formula is C14H17N3O3. The number of hydrogen-bond donors (Lipinski definition) is 1. The number of nitrogens with zero attached hydrogens (tertiary/aromatic N) is 2. The molecule has 20 heavy (non-hydrogen) atoms. The Hall–Kier alpha value is -2.24. The minimum Gasteiger partial charge on any atom is -0.463 e. The largest absolute Gasteiger partial charge is 0.463 e. The first-order valence-electron chi connectivity index (χ1n) is 6.45. The number of fused-ring (bicyclic) bond motifs is 1. The number of hydrogen-bond acceptors (Lipinski definition) is 5. The lowest BCUT2D eigenvalue weighted by Gasteiger charge is -2.20. The van der Waals surface area contributed by atoms with Crippen LogP contribution >= 0.6 is 0 Å². The molecule has 0 fully saturated rings. The number of aliphatic imine (C=N–C) groups is 1. The summed E-state index contributed by atoms with van der Waals surface area (Å²) in [6.45, 7) is 0.495. The van der Waals surface area contributed by atoms with Crippen LogP contribution in [0.25, 0.3) is 0 Å². The van der Waals surface area contributed by atoms with E-state index >= 15 is 0 Å². The van der Waals surface area contributed by atoms with Crippen molar-refractivity contribution in [1.82, 2.24) is 0 Å². The van der Waals surface area contributed by atoms with E-state index in [9.17, 15) is 4.79 Å². The Labute approximate surface area is 117 Å². The van der Waals surface area contributed by atoms with Crippen LogP contribution in [-0.2, 0) is 22.3 Å². The lowest BCUT2D eigenvalue weighted by Crippen LogP contribution is -2.30. The summed E-state index contributed by atoms with van der Waals surface area (Å²) in [6, 6.07) is 6.16. The molecule has 1 aliphatic carbocycles. The molecule has 0 radical (unpaired) electrons. The number of methoxy groups -OCH3 is 1. The number of anilines is 1. The van der Waals surface area contributed by atoms with Crippen molar-refractivity contribution in [1.29, 1.82) is 0 Å². The zero-order valence-electron chi connectivity index (χ0n) is 11.5. The third-order valence-corrected chi connectivity index (χ3v) is 3.92. The number of benzene rings is 1. The van der Waals surface area contributed by atoms with Gasteiger partial charge >= 0.3 is 6.09 Å². The summed E-state index contributed by atoms with van der Waals surface area (Å²) in [5, 5.41) is 0. The van der Waals surface area contributed by atoms with E-state index in [-0.39, 0.29) is 17.7 Å². The van der Waals surface area contributed by atoms with E-state index in [0.717, 1.165) is 24.1 Å². The minimum absolute atomic E-state index is 0.251. The van der Waals surface area contributed by atoms with Crippen LogP contribution in [0.2, 0.25) is 0 Å².